The van der Waals surface area contributed by atoms with E-state index in [9.17, 15) is 9.59 Å². The van der Waals surface area contributed by atoms with Gasteiger partial charge in [0.1, 0.15) is 11.5 Å². The molecule has 0 fully saturated rings. The number of carbonyl (C=O) groups excluding carboxylic acids is 1. The normalized spacial score (nSPS) is 11.7. The Hall–Kier alpha value is -2.11. The van der Waals surface area contributed by atoms with Crippen molar-refractivity contribution in [3.05, 3.63) is 22.7 Å². The van der Waals surface area contributed by atoms with E-state index in [2.05, 4.69) is 20.3 Å². The summed E-state index contributed by atoms with van der Waals surface area (Å²) in [6.07, 6.45) is 1.32. The summed E-state index contributed by atoms with van der Waals surface area (Å²) in [6.45, 7) is 5.45. The standard InChI is InChI=1S/C11H14N4O2/c1-11(2,3)10(17)15-7-4-6-8(14-7)12-5-13-9(6)16/h4-5H,1-3H3,(H,15,17)(H2,12,13,14,16). The molecule has 0 aliphatic heterocycles. The summed E-state index contributed by atoms with van der Waals surface area (Å²) >= 11 is 0. The van der Waals surface area contributed by atoms with E-state index < -0.39 is 5.41 Å². The average molecular weight is 234 g/mol. The number of fused-ring (bicyclic) bond motifs is 1. The van der Waals surface area contributed by atoms with Gasteiger partial charge in [-0.25, -0.2) is 4.98 Å². The van der Waals surface area contributed by atoms with Gasteiger partial charge < -0.3 is 15.3 Å². The summed E-state index contributed by atoms with van der Waals surface area (Å²) in [5.41, 5.74) is -0.266. The summed E-state index contributed by atoms with van der Waals surface area (Å²) in [7, 11) is 0. The summed E-state index contributed by atoms with van der Waals surface area (Å²) in [5, 5.41) is 3.14. The molecule has 17 heavy (non-hydrogen) atoms. The van der Waals surface area contributed by atoms with E-state index in [1.54, 1.807) is 6.07 Å². The van der Waals surface area contributed by atoms with Gasteiger partial charge in [0.2, 0.25) is 5.91 Å². The lowest BCUT2D eigenvalue weighted by molar-refractivity contribution is -0.123. The van der Waals surface area contributed by atoms with Gasteiger partial charge in [-0.05, 0) is 6.07 Å². The monoisotopic (exact) mass is 234 g/mol. The molecule has 6 nitrogen and oxygen atoms in total. The molecule has 2 aromatic rings. The molecule has 0 bridgehead atoms. The van der Waals surface area contributed by atoms with Gasteiger partial charge in [-0.2, -0.15) is 0 Å². The van der Waals surface area contributed by atoms with E-state index in [1.807, 2.05) is 20.8 Å². The maximum absolute atomic E-state index is 11.8. The Balaban J connectivity index is 2.36. The third-order valence-electron chi connectivity index (χ3n) is 2.36. The minimum atomic E-state index is -0.489. The number of amides is 1. The molecular formula is C11H14N4O2. The fourth-order valence-electron chi connectivity index (χ4n) is 1.33. The molecular weight excluding hydrogens is 220 g/mol. The zero-order valence-corrected chi connectivity index (χ0v) is 9.92. The molecule has 0 saturated carbocycles. The smallest absolute Gasteiger partial charge is 0.260 e. The first-order valence-corrected chi connectivity index (χ1v) is 5.26. The Morgan fingerprint density at radius 3 is 2.71 bits per heavy atom. The van der Waals surface area contributed by atoms with E-state index in [0.29, 0.717) is 16.9 Å². The van der Waals surface area contributed by atoms with Crippen molar-refractivity contribution in [3.8, 4) is 0 Å². The van der Waals surface area contributed by atoms with Crippen molar-refractivity contribution < 1.29 is 4.79 Å². The SMILES string of the molecule is CC(C)(C)C(=O)Nc1cc2c(=O)[nH]cnc2[nH]1. The molecule has 1 amide bonds. The molecule has 3 N–H and O–H groups in total. The lowest BCUT2D eigenvalue weighted by Crippen LogP contribution is -2.27. The Morgan fingerprint density at radius 2 is 2.12 bits per heavy atom. The van der Waals surface area contributed by atoms with Crippen molar-refractivity contribution in [1.29, 1.82) is 0 Å². The minimum Gasteiger partial charge on any atom is -0.326 e. The first-order chi connectivity index (χ1) is 7.88. The van der Waals surface area contributed by atoms with E-state index in [0.717, 1.165) is 0 Å². The molecule has 0 aliphatic carbocycles. The van der Waals surface area contributed by atoms with Crippen molar-refractivity contribution in [2.45, 2.75) is 20.8 Å². The molecule has 2 rings (SSSR count). The van der Waals surface area contributed by atoms with Crippen LogP contribution in [0.25, 0.3) is 11.0 Å². The summed E-state index contributed by atoms with van der Waals surface area (Å²) < 4.78 is 0. The number of rotatable bonds is 1. The van der Waals surface area contributed by atoms with Gasteiger partial charge in [0.05, 0.1) is 11.7 Å². The van der Waals surface area contributed by atoms with Gasteiger partial charge >= 0.3 is 0 Å². The maximum atomic E-state index is 11.8. The third-order valence-corrected chi connectivity index (χ3v) is 2.36. The largest absolute Gasteiger partial charge is 0.326 e. The predicted molar refractivity (Wildman–Crippen MR) is 64.8 cm³/mol. The van der Waals surface area contributed by atoms with Crippen LogP contribution in [0.3, 0.4) is 0 Å². The number of hydrogen-bond donors (Lipinski definition) is 3. The van der Waals surface area contributed by atoms with Crippen LogP contribution >= 0.6 is 0 Å². The molecule has 0 saturated heterocycles. The second-order valence-electron chi connectivity index (χ2n) is 4.88. The van der Waals surface area contributed by atoms with Gasteiger partial charge in [0.15, 0.2) is 0 Å². The molecule has 0 atom stereocenters. The number of nitrogens with one attached hydrogen (secondary N) is 3. The molecule has 2 heterocycles. The van der Waals surface area contributed by atoms with Crippen LogP contribution in [-0.2, 0) is 4.79 Å². The summed E-state index contributed by atoms with van der Waals surface area (Å²) in [5.74, 6) is 0.351. The fraction of sp³-hybridized carbons (Fsp3) is 0.364. The van der Waals surface area contributed by atoms with E-state index >= 15 is 0 Å². The highest BCUT2D eigenvalue weighted by Crippen LogP contribution is 2.18. The van der Waals surface area contributed by atoms with Crippen LogP contribution in [0.4, 0.5) is 5.82 Å². The zero-order valence-electron chi connectivity index (χ0n) is 9.92. The van der Waals surface area contributed by atoms with Crippen LogP contribution < -0.4 is 10.9 Å². The van der Waals surface area contributed by atoms with Crippen molar-refractivity contribution >= 4 is 22.8 Å². The quantitative estimate of drug-likeness (QED) is 0.693. The van der Waals surface area contributed by atoms with Crippen molar-refractivity contribution in [2.75, 3.05) is 5.32 Å². The number of carbonyl (C=O) groups is 1. The van der Waals surface area contributed by atoms with E-state index in [4.69, 9.17) is 0 Å². The summed E-state index contributed by atoms with van der Waals surface area (Å²) in [6, 6.07) is 1.57. The molecule has 6 heteroatoms. The molecule has 0 unspecified atom stereocenters. The second kappa shape index (κ2) is 3.73. The number of hydrogen-bond acceptors (Lipinski definition) is 3. The minimum absolute atomic E-state index is 0.125. The molecule has 0 radical (unpaired) electrons. The molecule has 2 aromatic heterocycles. The first kappa shape index (κ1) is 11.4. The number of anilines is 1. The topological polar surface area (TPSA) is 90.6 Å². The van der Waals surface area contributed by atoms with Gasteiger partial charge in [-0.15, -0.1) is 0 Å². The molecule has 0 aromatic carbocycles. The Bertz CT molecular complexity index is 618. The lowest BCUT2D eigenvalue weighted by atomic mass is 9.96. The maximum Gasteiger partial charge on any atom is 0.260 e. The summed E-state index contributed by atoms with van der Waals surface area (Å²) in [4.78, 5) is 32.5. The number of aromatic nitrogens is 3. The highest BCUT2D eigenvalue weighted by molar-refractivity contribution is 5.95. The van der Waals surface area contributed by atoms with E-state index in [1.165, 1.54) is 6.33 Å². The molecule has 0 spiro atoms. The van der Waals surface area contributed by atoms with Crippen LogP contribution in [0.1, 0.15) is 20.8 Å². The van der Waals surface area contributed by atoms with Crippen LogP contribution in [0.15, 0.2) is 17.2 Å². The van der Waals surface area contributed by atoms with Crippen molar-refractivity contribution in [2.24, 2.45) is 5.41 Å². The Morgan fingerprint density at radius 1 is 1.41 bits per heavy atom. The molecule has 90 valence electrons. The zero-order chi connectivity index (χ0) is 12.6. The fourth-order valence-corrected chi connectivity index (χ4v) is 1.33. The third kappa shape index (κ3) is 2.20. The number of aromatic amines is 2. The van der Waals surface area contributed by atoms with Crippen molar-refractivity contribution in [1.82, 2.24) is 15.0 Å². The van der Waals surface area contributed by atoms with Gasteiger partial charge in [0, 0.05) is 5.41 Å². The van der Waals surface area contributed by atoms with Crippen molar-refractivity contribution in [3.63, 3.8) is 0 Å². The van der Waals surface area contributed by atoms with Crippen LogP contribution in [0.2, 0.25) is 0 Å². The van der Waals surface area contributed by atoms with Gasteiger partial charge in [-0.3, -0.25) is 9.59 Å². The first-order valence-electron chi connectivity index (χ1n) is 5.26. The highest BCUT2D eigenvalue weighted by Gasteiger charge is 2.21. The van der Waals surface area contributed by atoms with Crippen LogP contribution in [0.5, 0.6) is 0 Å². The second-order valence-corrected chi connectivity index (χ2v) is 4.88. The number of H-pyrrole nitrogens is 2. The lowest BCUT2D eigenvalue weighted by Gasteiger charge is -2.16. The van der Waals surface area contributed by atoms with Crippen LogP contribution in [-0.4, -0.2) is 20.9 Å². The average Bonchev–Trinajstić information content (AvgIpc) is 2.60. The number of nitrogens with zero attached hydrogens (tertiary/aromatic N) is 1. The van der Waals surface area contributed by atoms with E-state index in [-0.39, 0.29) is 11.5 Å². The van der Waals surface area contributed by atoms with Crippen LogP contribution in [0, 0.1) is 5.41 Å². The van der Waals surface area contributed by atoms with Gasteiger partial charge in [-0.1, -0.05) is 20.8 Å². The highest BCUT2D eigenvalue weighted by atomic mass is 16.2. The Kier molecular flexibility index (Phi) is 2.49. The molecule has 0 aliphatic rings. The Labute approximate surface area is 97.5 Å². The van der Waals surface area contributed by atoms with Gasteiger partial charge in [0.25, 0.3) is 5.56 Å². The predicted octanol–water partition coefficient (Wildman–Crippen LogP) is 1.24.